The van der Waals surface area contributed by atoms with Gasteiger partial charge in [-0.2, -0.15) is 0 Å². The van der Waals surface area contributed by atoms with Gasteiger partial charge in [-0.25, -0.2) is 4.39 Å². The molecule has 0 N–H and O–H groups in total. The molecule has 4 rings (SSSR count). The van der Waals surface area contributed by atoms with Crippen molar-refractivity contribution in [2.24, 2.45) is 0 Å². The second-order valence-corrected chi connectivity index (χ2v) is 7.59. The number of aryl methyl sites for hydroxylation is 2. The van der Waals surface area contributed by atoms with Crippen molar-refractivity contribution in [3.63, 3.8) is 0 Å². The summed E-state index contributed by atoms with van der Waals surface area (Å²) in [5, 5.41) is 8.29. The predicted octanol–water partition coefficient (Wildman–Crippen LogP) is 5.36. The molecule has 1 atom stereocenters. The summed E-state index contributed by atoms with van der Waals surface area (Å²) in [4.78, 5) is 15.2. The topological polar surface area (TPSA) is 72.4 Å². The number of amides is 1. The maximum Gasteiger partial charge on any atom is 0.260 e. The van der Waals surface area contributed by atoms with Gasteiger partial charge in [-0.05, 0) is 38.3 Å². The van der Waals surface area contributed by atoms with Crippen LogP contribution in [0.15, 0.2) is 33.3 Å². The summed E-state index contributed by atoms with van der Waals surface area (Å²) in [5.74, 6) is 0.294. The van der Waals surface area contributed by atoms with Crippen LogP contribution in [0.5, 0.6) is 0 Å². The van der Waals surface area contributed by atoms with E-state index in [0.717, 1.165) is 37.1 Å². The fourth-order valence-corrected chi connectivity index (χ4v) is 4.08. The molecular formula is C21H21ClFN3O3. The molecule has 8 heteroatoms. The number of hydrogen-bond acceptors (Lipinski definition) is 5. The van der Waals surface area contributed by atoms with Gasteiger partial charge in [-0.15, -0.1) is 0 Å². The minimum atomic E-state index is -0.557. The summed E-state index contributed by atoms with van der Waals surface area (Å²) in [5.41, 5.74) is 1.14. The molecule has 152 valence electrons. The summed E-state index contributed by atoms with van der Waals surface area (Å²) >= 11 is 6.20. The number of likely N-dealkylation sites (tertiary alicyclic amines) is 1. The molecule has 1 aliphatic rings. The lowest BCUT2D eigenvalue weighted by Gasteiger charge is -2.23. The van der Waals surface area contributed by atoms with Gasteiger partial charge in [0.25, 0.3) is 5.91 Å². The highest BCUT2D eigenvalue weighted by atomic mass is 35.5. The minimum absolute atomic E-state index is 0.0665. The van der Waals surface area contributed by atoms with Crippen molar-refractivity contribution in [1.29, 1.82) is 0 Å². The average molecular weight is 418 g/mol. The van der Waals surface area contributed by atoms with Crippen LogP contribution >= 0.6 is 11.6 Å². The van der Waals surface area contributed by atoms with E-state index >= 15 is 0 Å². The van der Waals surface area contributed by atoms with E-state index in [0.29, 0.717) is 12.3 Å². The van der Waals surface area contributed by atoms with Crippen molar-refractivity contribution in [2.45, 2.75) is 45.6 Å². The average Bonchev–Trinajstić information content (AvgIpc) is 3.41. The maximum absolute atomic E-state index is 14.5. The molecule has 0 bridgehead atoms. The summed E-state index contributed by atoms with van der Waals surface area (Å²) in [6, 6.07) is 6.05. The number of aromatic nitrogens is 2. The highest BCUT2D eigenvalue weighted by Crippen LogP contribution is 2.38. The maximum atomic E-state index is 14.5. The third-order valence-electron chi connectivity index (χ3n) is 5.20. The lowest BCUT2D eigenvalue weighted by molar-refractivity contribution is 0.0729. The number of rotatable bonds is 5. The Balaban J connectivity index is 1.70. The fourth-order valence-electron chi connectivity index (χ4n) is 3.83. The molecule has 3 aromatic rings. The van der Waals surface area contributed by atoms with Gasteiger partial charge in [0.15, 0.2) is 0 Å². The summed E-state index contributed by atoms with van der Waals surface area (Å²) < 4.78 is 25.1. The number of carbonyl (C=O) groups excluding carboxylic acids is 1. The Labute approximate surface area is 172 Å². The van der Waals surface area contributed by atoms with Crippen LogP contribution in [-0.2, 0) is 6.42 Å². The lowest BCUT2D eigenvalue weighted by Crippen LogP contribution is -2.31. The van der Waals surface area contributed by atoms with Crippen LogP contribution in [0.1, 0.15) is 59.8 Å². The zero-order valence-corrected chi connectivity index (χ0v) is 17.0. The van der Waals surface area contributed by atoms with Gasteiger partial charge in [0.1, 0.15) is 34.3 Å². The van der Waals surface area contributed by atoms with Gasteiger partial charge in [-0.3, -0.25) is 4.79 Å². The van der Waals surface area contributed by atoms with Crippen molar-refractivity contribution in [2.75, 3.05) is 6.54 Å². The fraction of sp³-hybridized carbons (Fsp3) is 0.381. The Morgan fingerprint density at radius 1 is 1.34 bits per heavy atom. The highest BCUT2D eigenvalue weighted by molar-refractivity contribution is 6.33. The van der Waals surface area contributed by atoms with E-state index < -0.39 is 5.82 Å². The van der Waals surface area contributed by atoms with E-state index in [9.17, 15) is 9.18 Å². The van der Waals surface area contributed by atoms with E-state index in [1.54, 1.807) is 17.9 Å². The Morgan fingerprint density at radius 3 is 2.93 bits per heavy atom. The van der Waals surface area contributed by atoms with Gasteiger partial charge in [0.2, 0.25) is 0 Å². The van der Waals surface area contributed by atoms with Gasteiger partial charge < -0.3 is 13.9 Å². The number of carbonyl (C=O) groups is 1. The summed E-state index contributed by atoms with van der Waals surface area (Å²) in [7, 11) is 0. The third-order valence-corrected chi connectivity index (χ3v) is 5.52. The van der Waals surface area contributed by atoms with Crippen molar-refractivity contribution < 1.29 is 18.2 Å². The monoisotopic (exact) mass is 417 g/mol. The van der Waals surface area contributed by atoms with E-state index in [-0.39, 0.29) is 33.8 Å². The third kappa shape index (κ3) is 3.55. The lowest BCUT2D eigenvalue weighted by atomic mass is 10.0. The van der Waals surface area contributed by atoms with Gasteiger partial charge in [-0.1, -0.05) is 34.9 Å². The first-order valence-electron chi connectivity index (χ1n) is 9.68. The molecule has 0 unspecified atom stereocenters. The second kappa shape index (κ2) is 7.99. The predicted molar refractivity (Wildman–Crippen MR) is 105 cm³/mol. The number of nitrogens with zero attached hydrogens (tertiary/aromatic N) is 3. The molecule has 2 aromatic heterocycles. The standard InChI is InChI=1S/C21H21ClFN3O3/c1-3-6-13-11-16(24-29-13)17-9-5-10-26(17)21(27)18-12(2)28-25-20(18)19-14(22)7-4-8-15(19)23/h4,7-8,11,17H,3,5-6,9-10H2,1-2H3/t17-/m0/s1. The zero-order chi connectivity index (χ0) is 20.5. The molecular weight excluding hydrogens is 397 g/mol. The van der Waals surface area contributed by atoms with E-state index in [1.165, 1.54) is 12.1 Å². The van der Waals surface area contributed by atoms with Crippen LogP contribution in [0, 0.1) is 12.7 Å². The van der Waals surface area contributed by atoms with Crippen LogP contribution < -0.4 is 0 Å². The molecule has 29 heavy (non-hydrogen) atoms. The first kappa shape index (κ1) is 19.6. The second-order valence-electron chi connectivity index (χ2n) is 7.18. The van der Waals surface area contributed by atoms with E-state index in [1.807, 2.05) is 6.07 Å². The molecule has 1 saturated heterocycles. The largest absolute Gasteiger partial charge is 0.361 e. The van der Waals surface area contributed by atoms with Crippen molar-refractivity contribution in [3.8, 4) is 11.3 Å². The molecule has 0 saturated carbocycles. The summed E-state index contributed by atoms with van der Waals surface area (Å²) in [6.45, 7) is 4.27. The number of benzene rings is 1. The molecule has 1 fully saturated rings. The molecule has 0 spiro atoms. The quantitative estimate of drug-likeness (QED) is 0.558. The first-order valence-corrected chi connectivity index (χ1v) is 10.1. The SMILES string of the molecule is CCCc1cc([C@@H]2CCCN2C(=O)c2c(-c3c(F)cccc3Cl)noc2C)no1. The first-order chi connectivity index (χ1) is 14.0. The van der Waals surface area contributed by atoms with Gasteiger partial charge in [0, 0.05) is 19.0 Å². The normalized spacial score (nSPS) is 16.6. The molecule has 1 aliphatic heterocycles. The zero-order valence-electron chi connectivity index (χ0n) is 16.2. The highest BCUT2D eigenvalue weighted by Gasteiger charge is 2.36. The Morgan fingerprint density at radius 2 is 2.17 bits per heavy atom. The number of halogens is 2. The van der Waals surface area contributed by atoms with Crippen molar-refractivity contribution >= 4 is 17.5 Å². The smallest absolute Gasteiger partial charge is 0.260 e. The van der Waals surface area contributed by atoms with E-state index in [4.69, 9.17) is 20.6 Å². The van der Waals surface area contributed by atoms with Gasteiger partial charge in [0.05, 0.1) is 16.6 Å². The van der Waals surface area contributed by atoms with Crippen LogP contribution in [0.3, 0.4) is 0 Å². The van der Waals surface area contributed by atoms with Crippen LogP contribution in [0.2, 0.25) is 5.02 Å². The molecule has 1 aromatic carbocycles. The molecule has 3 heterocycles. The van der Waals surface area contributed by atoms with Gasteiger partial charge >= 0.3 is 0 Å². The molecule has 6 nitrogen and oxygen atoms in total. The molecule has 1 amide bonds. The van der Waals surface area contributed by atoms with Crippen molar-refractivity contribution in [3.05, 3.63) is 57.9 Å². The van der Waals surface area contributed by atoms with Crippen LogP contribution in [-0.4, -0.2) is 27.7 Å². The van der Waals surface area contributed by atoms with Crippen molar-refractivity contribution in [1.82, 2.24) is 15.2 Å². The minimum Gasteiger partial charge on any atom is -0.361 e. The van der Waals surface area contributed by atoms with Crippen LogP contribution in [0.4, 0.5) is 4.39 Å². The number of hydrogen-bond donors (Lipinski definition) is 0. The summed E-state index contributed by atoms with van der Waals surface area (Å²) in [6.07, 6.45) is 3.37. The molecule has 0 radical (unpaired) electrons. The Kier molecular flexibility index (Phi) is 5.41. The van der Waals surface area contributed by atoms with Crippen LogP contribution in [0.25, 0.3) is 11.3 Å². The Bertz CT molecular complexity index is 1030. The van der Waals surface area contributed by atoms with E-state index in [2.05, 4.69) is 17.2 Å². The Hall–Kier alpha value is -2.67. The molecule has 0 aliphatic carbocycles.